The highest BCUT2D eigenvalue weighted by Gasteiger charge is 2.17. The number of alkyl halides is 1. The second kappa shape index (κ2) is 6.63. The van der Waals surface area contributed by atoms with E-state index in [1.54, 1.807) is 22.6 Å². The lowest BCUT2D eigenvalue weighted by Gasteiger charge is -2.12. The predicted octanol–water partition coefficient (Wildman–Crippen LogP) is 3.82. The molecular formula is C18H14Cl2N4O2. The summed E-state index contributed by atoms with van der Waals surface area (Å²) in [6.07, 6.45) is 0. The molecule has 0 spiro atoms. The Morgan fingerprint density at radius 1 is 1.12 bits per heavy atom. The van der Waals surface area contributed by atoms with Gasteiger partial charge in [-0.05, 0) is 49.4 Å². The van der Waals surface area contributed by atoms with E-state index in [1.165, 1.54) is 4.57 Å². The molecule has 0 saturated carbocycles. The van der Waals surface area contributed by atoms with Crippen LogP contribution in [-0.2, 0) is 5.88 Å². The number of fused-ring (bicyclic) bond motifs is 3. The molecule has 8 heteroatoms. The summed E-state index contributed by atoms with van der Waals surface area (Å²) in [5, 5.41) is 9.33. The molecule has 0 aliphatic heterocycles. The summed E-state index contributed by atoms with van der Waals surface area (Å²) in [4.78, 5) is 13.1. The lowest BCUT2D eigenvalue weighted by atomic mass is 10.2. The van der Waals surface area contributed by atoms with E-state index in [9.17, 15) is 4.79 Å². The van der Waals surface area contributed by atoms with E-state index in [4.69, 9.17) is 27.9 Å². The Labute approximate surface area is 158 Å². The lowest BCUT2D eigenvalue weighted by Crippen LogP contribution is -2.22. The molecule has 132 valence electrons. The zero-order chi connectivity index (χ0) is 18.3. The number of ether oxygens (including phenoxy) is 1. The highest BCUT2D eigenvalue weighted by atomic mass is 35.5. The highest BCUT2D eigenvalue weighted by molar-refractivity contribution is 6.31. The van der Waals surface area contributed by atoms with Gasteiger partial charge in [0.2, 0.25) is 5.78 Å². The largest absolute Gasteiger partial charge is 0.494 e. The van der Waals surface area contributed by atoms with Crippen LogP contribution in [0.1, 0.15) is 12.7 Å². The average Bonchev–Trinajstić information content (AvgIpc) is 3.07. The van der Waals surface area contributed by atoms with E-state index in [-0.39, 0.29) is 11.4 Å². The molecule has 0 bridgehead atoms. The number of halogens is 2. The first-order chi connectivity index (χ1) is 12.6. The van der Waals surface area contributed by atoms with Gasteiger partial charge in [-0.15, -0.1) is 21.8 Å². The minimum absolute atomic E-state index is 0.157. The van der Waals surface area contributed by atoms with Crippen LogP contribution in [0.3, 0.4) is 0 Å². The van der Waals surface area contributed by atoms with Gasteiger partial charge in [0.05, 0.1) is 29.1 Å². The van der Waals surface area contributed by atoms with Crippen molar-refractivity contribution < 1.29 is 4.74 Å². The quantitative estimate of drug-likeness (QED) is 0.498. The molecule has 0 atom stereocenters. The molecule has 0 aliphatic carbocycles. The molecule has 2 aromatic carbocycles. The molecule has 0 aliphatic rings. The standard InChI is InChI=1S/C18H14Cl2N4O2/c1-2-26-13-6-4-12(5-7-13)23-17(25)14-8-3-11(20)9-15(14)24-16(10-19)21-22-18(23)24/h3-9H,2,10H2,1H3. The molecule has 4 aromatic rings. The lowest BCUT2D eigenvalue weighted by molar-refractivity contribution is 0.340. The van der Waals surface area contributed by atoms with Crippen molar-refractivity contribution in [3.05, 3.63) is 63.7 Å². The number of nitrogens with zero attached hydrogens (tertiary/aromatic N) is 4. The highest BCUT2D eigenvalue weighted by Crippen LogP contribution is 2.22. The summed E-state index contributed by atoms with van der Waals surface area (Å²) in [6, 6.07) is 12.3. The first kappa shape index (κ1) is 16.9. The molecule has 2 heterocycles. The van der Waals surface area contributed by atoms with Gasteiger partial charge < -0.3 is 4.74 Å². The summed E-state index contributed by atoms with van der Waals surface area (Å²) in [7, 11) is 0. The van der Waals surface area contributed by atoms with Crippen molar-refractivity contribution in [1.82, 2.24) is 19.2 Å². The van der Waals surface area contributed by atoms with Crippen LogP contribution in [0.2, 0.25) is 5.02 Å². The van der Waals surface area contributed by atoms with Crippen molar-refractivity contribution >= 4 is 39.9 Å². The summed E-state index contributed by atoms with van der Waals surface area (Å²) in [5.41, 5.74) is 1.08. The number of hydrogen-bond acceptors (Lipinski definition) is 4. The zero-order valence-corrected chi connectivity index (χ0v) is 15.3. The van der Waals surface area contributed by atoms with Crippen molar-refractivity contribution in [2.24, 2.45) is 0 Å². The van der Waals surface area contributed by atoms with Crippen LogP contribution in [-0.4, -0.2) is 25.8 Å². The maximum absolute atomic E-state index is 13.1. The third-order valence-electron chi connectivity index (χ3n) is 4.07. The molecule has 4 rings (SSSR count). The molecule has 26 heavy (non-hydrogen) atoms. The topological polar surface area (TPSA) is 61.4 Å². The van der Waals surface area contributed by atoms with Gasteiger partial charge in [-0.1, -0.05) is 11.6 Å². The Morgan fingerprint density at radius 3 is 2.58 bits per heavy atom. The van der Waals surface area contributed by atoms with Gasteiger partial charge in [-0.2, -0.15) is 0 Å². The smallest absolute Gasteiger partial charge is 0.267 e. The Morgan fingerprint density at radius 2 is 1.88 bits per heavy atom. The van der Waals surface area contributed by atoms with E-state index in [1.807, 2.05) is 31.2 Å². The second-order valence-electron chi connectivity index (χ2n) is 5.61. The van der Waals surface area contributed by atoms with E-state index in [2.05, 4.69) is 10.2 Å². The fraction of sp³-hybridized carbons (Fsp3) is 0.167. The summed E-state index contributed by atoms with van der Waals surface area (Å²) < 4.78 is 8.73. The van der Waals surface area contributed by atoms with Gasteiger partial charge in [0.25, 0.3) is 5.56 Å². The van der Waals surface area contributed by atoms with Crippen molar-refractivity contribution in [3.8, 4) is 11.4 Å². The maximum Gasteiger partial charge on any atom is 0.267 e. The molecule has 0 unspecified atom stereocenters. The number of benzene rings is 2. The van der Waals surface area contributed by atoms with Crippen molar-refractivity contribution in [2.75, 3.05) is 6.61 Å². The Hall–Kier alpha value is -2.57. The van der Waals surface area contributed by atoms with Gasteiger partial charge in [-0.25, -0.2) is 4.57 Å². The fourth-order valence-corrected chi connectivity index (χ4v) is 3.30. The van der Waals surface area contributed by atoms with E-state index in [0.717, 1.165) is 5.75 Å². The molecule has 0 N–H and O–H groups in total. The van der Waals surface area contributed by atoms with Crippen LogP contribution in [0, 0.1) is 0 Å². The SMILES string of the molecule is CCOc1ccc(-n2c(=O)c3ccc(Cl)cc3n3c(CCl)nnc23)cc1. The molecule has 0 fully saturated rings. The van der Waals surface area contributed by atoms with E-state index in [0.29, 0.717) is 39.8 Å². The van der Waals surface area contributed by atoms with Crippen molar-refractivity contribution in [2.45, 2.75) is 12.8 Å². The van der Waals surface area contributed by atoms with Gasteiger partial charge in [0.1, 0.15) is 5.75 Å². The average molecular weight is 389 g/mol. The van der Waals surface area contributed by atoms with Gasteiger partial charge >= 0.3 is 0 Å². The van der Waals surface area contributed by atoms with Crippen LogP contribution in [0.25, 0.3) is 22.4 Å². The van der Waals surface area contributed by atoms with Crippen LogP contribution in [0.5, 0.6) is 5.75 Å². The van der Waals surface area contributed by atoms with Gasteiger partial charge in [-0.3, -0.25) is 9.20 Å². The van der Waals surface area contributed by atoms with Crippen LogP contribution < -0.4 is 10.3 Å². The Bertz CT molecular complexity index is 1170. The van der Waals surface area contributed by atoms with Crippen LogP contribution in [0.15, 0.2) is 47.3 Å². The zero-order valence-electron chi connectivity index (χ0n) is 13.8. The predicted molar refractivity (Wildman–Crippen MR) is 102 cm³/mol. The number of hydrogen-bond donors (Lipinski definition) is 0. The molecule has 2 aromatic heterocycles. The van der Waals surface area contributed by atoms with E-state index < -0.39 is 0 Å². The third-order valence-corrected chi connectivity index (χ3v) is 4.55. The van der Waals surface area contributed by atoms with Gasteiger partial charge in [0.15, 0.2) is 5.82 Å². The summed E-state index contributed by atoms with van der Waals surface area (Å²) >= 11 is 12.1. The first-order valence-corrected chi connectivity index (χ1v) is 8.92. The molecule has 0 saturated heterocycles. The minimum atomic E-state index is -0.207. The summed E-state index contributed by atoms with van der Waals surface area (Å²) in [6.45, 7) is 2.49. The number of rotatable bonds is 4. The van der Waals surface area contributed by atoms with Gasteiger partial charge in [0, 0.05) is 5.02 Å². The Kier molecular flexibility index (Phi) is 4.30. The molecule has 6 nitrogen and oxygen atoms in total. The third kappa shape index (κ3) is 2.62. The van der Waals surface area contributed by atoms with Crippen LogP contribution >= 0.6 is 23.2 Å². The van der Waals surface area contributed by atoms with Crippen LogP contribution in [0.4, 0.5) is 0 Å². The Balaban J connectivity index is 2.08. The second-order valence-corrected chi connectivity index (χ2v) is 6.32. The normalized spacial score (nSPS) is 11.3. The first-order valence-electron chi connectivity index (χ1n) is 8.01. The monoisotopic (exact) mass is 388 g/mol. The molecule has 0 radical (unpaired) electrons. The van der Waals surface area contributed by atoms with Crippen molar-refractivity contribution in [3.63, 3.8) is 0 Å². The molecule has 0 amide bonds. The van der Waals surface area contributed by atoms with E-state index >= 15 is 0 Å². The minimum Gasteiger partial charge on any atom is -0.494 e. The number of aromatic nitrogens is 4. The fourth-order valence-electron chi connectivity index (χ4n) is 2.96. The summed E-state index contributed by atoms with van der Waals surface area (Å²) in [5.74, 6) is 1.80. The van der Waals surface area contributed by atoms with Crippen molar-refractivity contribution in [1.29, 1.82) is 0 Å². The molecular weight excluding hydrogens is 375 g/mol. The maximum atomic E-state index is 13.1.